The highest BCUT2D eigenvalue weighted by molar-refractivity contribution is 5.80. The topological polar surface area (TPSA) is 46.5 Å². The van der Waals surface area contributed by atoms with E-state index < -0.39 is 0 Å². The first-order chi connectivity index (χ1) is 9.08. The molecule has 0 radical (unpaired) electrons. The van der Waals surface area contributed by atoms with Gasteiger partial charge in [-0.25, -0.2) is 0 Å². The van der Waals surface area contributed by atoms with E-state index in [0.29, 0.717) is 30.6 Å². The van der Waals surface area contributed by atoms with Crippen LogP contribution in [0.2, 0.25) is 0 Å². The number of allylic oxidation sites excluding steroid dienone is 2. The Kier molecular flexibility index (Phi) is 6.13. The van der Waals surface area contributed by atoms with Crippen LogP contribution in [0.4, 0.5) is 0 Å². The highest BCUT2D eigenvalue weighted by atomic mass is 16.5. The summed E-state index contributed by atoms with van der Waals surface area (Å²) in [5, 5.41) is 9.72. The van der Waals surface area contributed by atoms with Crippen LogP contribution in [0.25, 0.3) is 0 Å². The number of hydrogen-bond donors (Lipinski definition) is 1. The molecule has 0 aromatic heterocycles. The number of rotatable bonds is 7. The molecular weight excluding hydrogens is 240 g/mol. The quantitative estimate of drug-likeness (QED) is 0.460. The third-order valence-corrected chi connectivity index (χ3v) is 2.82. The van der Waals surface area contributed by atoms with Crippen molar-refractivity contribution in [3.05, 3.63) is 34.9 Å². The molecule has 1 aromatic rings. The molecule has 1 aromatic carbocycles. The molecule has 0 aliphatic rings. The molecule has 0 unspecified atom stereocenters. The Bertz CT molecular complexity index is 457. The summed E-state index contributed by atoms with van der Waals surface area (Å²) in [6.07, 6.45) is 5.47. The molecule has 0 spiro atoms. The van der Waals surface area contributed by atoms with E-state index >= 15 is 0 Å². The van der Waals surface area contributed by atoms with Crippen LogP contribution in [-0.4, -0.2) is 18.0 Å². The fourth-order valence-corrected chi connectivity index (χ4v) is 1.66. The second kappa shape index (κ2) is 7.62. The summed E-state index contributed by atoms with van der Waals surface area (Å²) < 4.78 is 5.68. The number of aldehydes is 1. The molecule has 0 heterocycles. The SMILES string of the molecule is CCCCOc1cc(O)c(C=O)cc1CC=C(C)C. The van der Waals surface area contributed by atoms with Gasteiger partial charge in [-0.2, -0.15) is 0 Å². The van der Waals surface area contributed by atoms with Crippen molar-refractivity contribution in [1.29, 1.82) is 0 Å². The molecule has 0 saturated heterocycles. The van der Waals surface area contributed by atoms with Gasteiger partial charge in [-0.3, -0.25) is 4.79 Å². The zero-order chi connectivity index (χ0) is 14.3. The number of phenolic OH excluding ortho intramolecular Hbond substituents is 1. The lowest BCUT2D eigenvalue weighted by atomic mass is 10.0. The van der Waals surface area contributed by atoms with Gasteiger partial charge in [0.25, 0.3) is 0 Å². The lowest BCUT2D eigenvalue weighted by Gasteiger charge is -2.12. The van der Waals surface area contributed by atoms with Crippen LogP contribution in [0, 0.1) is 0 Å². The number of ether oxygens (including phenoxy) is 1. The first-order valence-electron chi connectivity index (χ1n) is 6.65. The van der Waals surface area contributed by atoms with Crippen LogP contribution in [0.1, 0.15) is 49.5 Å². The molecule has 0 fully saturated rings. The fraction of sp³-hybridized carbons (Fsp3) is 0.438. The first kappa shape index (κ1) is 15.3. The van der Waals surface area contributed by atoms with Gasteiger partial charge in [0.05, 0.1) is 12.2 Å². The fourth-order valence-electron chi connectivity index (χ4n) is 1.66. The maximum Gasteiger partial charge on any atom is 0.153 e. The Hall–Kier alpha value is -1.77. The molecule has 19 heavy (non-hydrogen) atoms. The van der Waals surface area contributed by atoms with Crippen molar-refractivity contribution in [2.75, 3.05) is 6.61 Å². The lowest BCUT2D eigenvalue weighted by molar-refractivity contribution is 0.112. The summed E-state index contributed by atoms with van der Waals surface area (Å²) in [5.41, 5.74) is 2.44. The second-order valence-corrected chi connectivity index (χ2v) is 4.82. The predicted molar refractivity (Wildman–Crippen MR) is 77.0 cm³/mol. The smallest absolute Gasteiger partial charge is 0.153 e. The number of benzene rings is 1. The molecule has 0 aliphatic heterocycles. The van der Waals surface area contributed by atoms with Crippen molar-refractivity contribution >= 4 is 6.29 Å². The van der Waals surface area contributed by atoms with Crippen LogP contribution in [-0.2, 0) is 6.42 Å². The Morgan fingerprint density at radius 1 is 1.37 bits per heavy atom. The third kappa shape index (κ3) is 4.78. The van der Waals surface area contributed by atoms with Gasteiger partial charge in [0.1, 0.15) is 11.5 Å². The van der Waals surface area contributed by atoms with Gasteiger partial charge in [0, 0.05) is 6.07 Å². The second-order valence-electron chi connectivity index (χ2n) is 4.82. The molecule has 0 aliphatic carbocycles. The summed E-state index contributed by atoms with van der Waals surface area (Å²) in [6.45, 7) is 6.77. The van der Waals surface area contributed by atoms with Crippen molar-refractivity contribution in [1.82, 2.24) is 0 Å². The van der Waals surface area contributed by atoms with E-state index in [1.54, 1.807) is 6.07 Å². The zero-order valence-corrected chi connectivity index (χ0v) is 11.9. The summed E-state index contributed by atoms with van der Waals surface area (Å²) in [7, 11) is 0. The van der Waals surface area contributed by atoms with Crippen molar-refractivity contribution < 1.29 is 14.6 Å². The van der Waals surface area contributed by atoms with Gasteiger partial charge in [-0.05, 0) is 38.3 Å². The third-order valence-electron chi connectivity index (χ3n) is 2.82. The molecule has 0 amide bonds. The maximum absolute atomic E-state index is 10.9. The monoisotopic (exact) mass is 262 g/mol. The average Bonchev–Trinajstić information content (AvgIpc) is 2.37. The molecule has 3 nitrogen and oxygen atoms in total. The molecule has 0 bridgehead atoms. The maximum atomic E-state index is 10.9. The van der Waals surface area contributed by atoms with Gasteiger partial charge < -0.3 is 9.84 Å². The Morgan fingerprint density at radius 3 is 2.68 bits per heavy atom. The van der Waals surface area contributed by atoms with E-state index in [-0.39, 0.29) is 5.75 Å². The van der Waals surface area contributed by atoms with E-state index in [0.717, 1.165) is 18.4 Å². The minimum atomic E-state index is -0.0255. The van der Waals surface area contributed by atoms with Crippen LogP contribution < -0.4 is 4.74 Å². The number of carbonyl (C=O) groups is 1. The van der Waals surface area contributed by atoms with E-state index in [4.69, 9.17) is 4.74 Å². The molecule has 104 valence electrons. The summed E-state index contributed by atoms with van der Waals surface area (Å²) >= 11 is 0. The van der Waals surface area contributed by atoms with Crippen LogP contribution in [0.3, 0.4) is 0 Å². The van der Waals surface area contributed by atoms with E-state index in [9.17, 15) is 9.90 Å². The minimum Gasteiger partial charge on any atom is -0.507 e. The number of unbranched alkanes of at least 4 members (excludes halogenated alkanes) is 1. The summed E-state index contributed by atoms with van der Waals surface area (Å²) in [6, 6.07) is 3.23. The van der Waals surface area contributed by atoms with Crippen molar-refractivity contribution in [2.24, 2.45) is 0 Å². The number of aromatic hydroxyl groups is 1. The Labute approximate surface area is 114 Å². The lowest BCUT2D eigenvalue weighted by Crippen LogP contribution is -2.01. The average molecular weight is 262 g/mol. The largest absolute Gasteiger partial charge is 0.507 e. The van der Waals surface area contributed by atoms with Gasteiger partial charge in [-0.1, -0.05) is 25.0 Å². The highest BCUT2D eigenvalue weighted by Gasteiger charge is 2.09. The minimum absolute atomic E-state index is 0.0255. The van der Waals surface area contributed by atoms with Gasteiger partial charge in [0.15, 0.2) is 6.29 Å². The molecule has 1 N–H and O–H groups in total. The van der Waals surface area contributed by atoms with Gasteiger partial charge >= 0.3 is 0 Å². The highest BCUT2D eigenvalue weighted by Crippen LogP contribution is 2.28. The van der Waals surface area contributed by atoms with E-state index in [2.05, 4.69) is 13.0 Å². The number of carbonyl (C=O) groups excluding carboxylic acids is 1. The van der Waals surface area contributed by atoms with E-state index in [1.807, 2.05) is 13.8 Å². The standard InChI is InChI=1S/C16H22O3/c1-4-5-8-19-16-10-15(18)14(11-17)9-13(16)7-6-12(2)3/h6,9-11,18H,4-5,7-8H2,1-3H3. The Morgan fingerprint density at radius 2 is 2.11 bits per heavy atom. The molecule has 0 atom stereocenters. The van der Waals surface area contributed by atoms with Crippen molar-refractivity contribution in [2.45, 2.75) is 40.0 Å². The normalized spacial score (nSPS) is 10.1. The molecule has 3 heteroatoms. The molecular formula is C16H22O3. The van der Waals surface area contributed by atoms with Crippen LogP contribution >= 0.6 is 0 Å². The summed E-state index contributed by atoms with van der Waals surface area (Å²) in [4.78, 5) is 10.9. The van der Waals surface area contributed by atoms with Gasteiger partial charge in [0.2, 0.25) is 0 Å². The first-order valence-corrected chi connectivity index (χ1v) is 6.65. The van der Waals surface area contributed by atoms with Crippen molar-refractivity contribution in [3.63, 3.8) is 0 Å². The van der Waals surface area contributed by atoms with E-state index in [1.165, 1.54) is 11.6 Å². The Balaban J connectivity index is 3.00. The number of hydrogen-bond acceptors (Lipinski definition) is 3. The zero-order valence-electron chi connectivity index (χ0n) is 11.9. The predicted octanol–water partition coefficient (Wildman–Crippen LogP) is 3.89. The molecule has 1 rings (SSSR count). The van der Waals surface area contributed by atoms with Gasteiger partial charge in [-0.15, -0.1) is 0 Å². The van der Waals surface area contributed by atoms with Crippen LogP contribution in [0.15, 0.2) is 23.8 Å². The van der Waals surface area contributed by atoms with Crippen LogP contribution in [0.5, 0.6) is 11.5 Å². The summed E-state index contributed by atoms with van der Waals surface area (Å²) in [5.74, 6) is 0.636. The number of phenols is 1. The van der Waals surface area contributed by atoms with Crippen molar-refractivity contribution in [3.8, 4) is 11.5 Å². The molecule has 0 saturated carbocycles.